The Morgan fingerprint density at radius 3 is 2.23 bits per heavy atom. The lowest BCUT2D eigenvalue weighted by atomic mass is 10.1. The van der Waals surface area contributed by atoms with Crippen molar-refractivity contribution >= 4 is 17.5 Å². The molecule has 0 saturated carbocycles. The molecular weight excluding hydrogens is 459 g/mol. The maximum Gasteiger partial charge on any atom is 0.417 e. The van der Waals surface area contributed by atoms with E-state index in [4.69, 9.17) is 0 Å². The number of nitrogens with zero attached hydrogens (tertiary/aromatic N) is 4. The van der Waals surface area contributed by atoms with Gasteiger partial charge in [0, 0.05) is 26.2 Å². The van der Waals surface area contributed by atoms with Crippen LogP contribution in [0.4, 0.5) is 18.9 Å². The molecule has 1 aliphatic heterocycles. The number of amides is 2. The minimum atomic E-state index is -4.60. The van der Waals surface area contributed by atoms with Crippen LogP contribution < -0.4 is 5.32 Å². The Morgan fingerprint density at radius 2 is 1.57 bits per heavy atom. The summed E-state index contributed by atoms with van der Waals surface area (Å²) in [7, 11) is 0. The van der Waals surface area contributed by atoms with E-state index in [1.54, 1.807) is 4.68 Å². The number of rotatable bonds is 5. The van der Waals surface area contributed by atoms with E-state index >= 15 is 0 Å². The quantitative estimate of drug-likeness (QED) is 0.595. The monoisotopic (exact) mass is 485 g/mol. The molecule has 1 fully saturated rings. The van der Waals surface area contributed by atoms with Gasteiger partial charge in [0.25, 0.3) is 5.91 Å². The third-order valence-electron chi connectivity index (χ3n) is 6.05. The number of halogens is 3. The van der Waals surface area contributed by atoms with Crippen molar-refractivity contribution in [3.8, 4) is 5.69 Å². The molecule has 2 amide bonds. The molecule has 1 saturated heterocycles. The van der Waals surface area contributed by atoms with E-state index in [1.165, 1.54) is 23.1 Å². The molecule has 2 aromatic carbocycles. The number of benzene rings is 2. The van der Waals surface area contributed by atoms with Gasteiger partial charge in [0.05, 0.1) is 40.4 Å². The van der Waals surface area contributed by atoms with Gasteiger partial charge in [0.2, 0.25) is 5.91 Å². The number of carbonyl (C=O) groups excluding carboxylic acids is 2. The van der Waals surface area contributed by atoms with Gasteiger partial charge in [-0.2, -0.15) is 18.3 Å². The van der Waals surface area contributed by atoms with Crippen molar-refractivity contribution in [2.24, 2.45) is 0 Å². The molecule has 10 heteroatoms. The minimum Gasteiger partial charge on any atom is -0.336 e. The molecule has 2 heterocycles. The highest BCUT2D eigenvalue weighted by Gasteiger charge is 2.36. The molecule has 4 rings (SSSR count). The number of carbonyl (C=O) groups is 2. The van der Waals surface area contributed by atoms with Crippen molar-refractivity contribution in [1.82, 2.24) is 19.6 Å². The Kier molecular flexibility index (Phi) is 6.93. The first kappa shape index (κ1) is 24.5. The second-order valence-corrected chi connectivity index (χ2v) is 8.45. The maximum atomic E-state index is 13.3. The summed E-state index contributed by atoms with van der Waals surface area (Å²) in [5.74, 6) is -0.868. The number of alkyl halides is 3. The van der Waals surface area contributed by atoms with Crippen LogP contribution in [0.5, 0.6) is 0 Å². The van der Waals surface area contributed by atoms with Crippen molar-refractivity contribution in [2.75, 3.05) is 38.0 Å². The maximum absolute atomic E-state index is 13.3. The van der Waals surface area contributed by atoms with Crippen molar-refractivity contribution in [2.45, 2.75) is 20.0 Å². The summed E-state index contributed by atoms with van der Waals surface area (Å²) in [5.41, 5.74) is 1.75. The average Bonchev–Trinajstić information content (AvgIpc) is 3.12. The second kappa shape index (κ2) is 9.91. The first-order valence-corrected chi connectivity index (χ1v) is 11.2. The van der Waals surface area contributed by atoms with E-state index in [-0.39, 0.29) is 31.1 Å². The van der Waals surface area contributed by atoms with Crippen molar-refractivity contribution in [3.63, 3.8) is 0 Å². The Morgan fingerprint density at radius 1 is 0.943 bits per heavy atom. The van der Waals surface area contributed by atoms with Crippen LogP contribution >= 0.6 is 0 Å². The van der Waals surface area contributed by atoms with E-state index in [1.807, 2.05) is 49.1 Å². The first-order valence-electron chi connectivity index (χ1n) is 11.2. The van der Waals surface area contributed by atoms with Crippen molar-refractivity contribution in [3.05, 3.63) is 77.1 Å². The van der Waals surface area contributed by atoms with Gasteiger partial charge in [0.1, 0.15) is 0 Å². The predicted octanol–water partition coefficient (Wildman–Crippen LogP) is 3.90. The molecule has 1 aromatic heterocycles. The van der Waals surface area contributed by atoms with Gasteiger partial charge >= 0.3 is 6.18 Å². The van der Waals surface area contributed by atoms with Crippen LogP contribution in [-0.4, -0.2) is 64.1 Å². The Labute approximate surface area is 201 Å². The van der Waals surface area contributed by atoms with Gasteiger partial charge < -0.3 is 10.2 Å². The molecule has 3 aromatic rings. The standard InChI is InChI=1S/C25H26F3N5O2/c1-17-23(18(2)33(30-17)19-8-4-3-5-9-19)29-22(34)16-31-12-14-32(15-13-31)24(35)20-10-6-7-11-21(20)25(26,27)28/h3-11H,12-16H2,1-2H3,(H,29,34). The summed E-state index contributed by atoms with van der Waals surface area (Å²) in [6.07, 6.45) is -4.60. The van der Waals surface area contributed by atoms with Gasteiger partial charge in [-0.25, -0.2) is 4.68 Å². The van der Waals surface area contributed by atoms with Crippen LogP contribution in [-0.2, 0) is 11.0 Å². The SMILES string of the molecule is Cc1nn(-c2ccccc2)c(C)c1NC(=O)CN1CCN(C(=O)c2ccccc2C(F)(F)F)CC1. The molecule has 7 nitrogen and oxygen atoms in total. The number of hydrogen-bond acceptors (Lipinski definition) is 4. The van der Waals surface area contributed by atoms with E-state index < -0.39 is 17.6 Å². The normalized spacial score (nSPS) is 14.7. The van der Waals surface area contributed by atoms with E-state index in [2.05, 4.69) is 10.4 Å². The minimum absolute atomic E-state index is 0.108. The van der Waals surface area contributed by atoms with E-state index in [0.717, 1.165) is 17.4 Å². The lowest BCUT2D eigenvalue weighted by molar-refractivity contribution is -0.138. The van der Waals surface area contributed by atoms with Crippen LogP contribution in [0.15, 0.2) is 54.6 Å². The molecule has 35 heavy (non-hydrogen) atoms. The third-order valence-corrected chi connectivity index (χ3v) is 6.05. The summed E-state index contributed by atoms with van der Waals surface area (Å²) < 4.78 is 41.6. The molecular formula is C25H26F3N5O2. The zero-order valence-electron chi connectivity index (χ0n) is 19.5. The van der Waals surface area contributed by atoms with Crippen LogP contribution in [0.2, 0.25) is 0 Å². The fraction of sp³-hybridized carbons (Fsp3) is 0.320. The van der Waals surface area contributed by atoms with Crippen LogP contribution in [0, 0.1) is 13.8 Å². The summed E-state index contributed by atoms with van der Waals surface area (Å²) in [5, 5.41) is 7.46. The first-order chi connectivity index (χ1) is 16.6. The number of hydrogen-bond donors (Lipinski definition) is 1. The fourth-order valence-electron chi connectivity index (χ4n) is 4.22. The number of aromatic nitrogens is 2. The summed E-state index contributed by atoms with van der Waals surface area (Å²) in [6, 6.07) is 14.4. The fourth-order valence-corrected chi connectivity index (χ4v) is 4.22. The predicted molar refractivity (Wildman–Crippen MR) is 125 cm³/mol. The summed E-state index contributed by atoms with van der Waals surface area (Å²) in [4.78, 5) is 28.8. The highest BCUT2D eigenvalue weighted by molar-refractivity contribution is 5.96. The number of nitrogens with one attached hydrogen (secondary N) is 1. The van der Waals surface area contributed by atoms with Crippen LogP contribution in [0.1, 0.15) is 27.3 Å². The average molecular weight is 486 g/mol. The molecule has 0 unspecified atom stereocenters. The lowest BCUT2D eigenvalue weighted by Gasteiger charge is -2.34. The van der Waals surface area contributed by atoms with Gasteiger partial charge in [-0.15, -0.1) is 0 Å². The third kappa shape index (κ3) is 5.37. The Hall–Kier alpha value is -3.66. The van der Waals surface area contributed by atoms with Crippen molar-refractivity contribution < 1.29 is 22.8 Å². The molecule has 184 valence electrons. The molecule has 0 spiro atoms. The molecule has 1 aliphatic rings. The summed E-state index contributed by atoms with van der Waals surface area (Å²) in [6.45, 7) is 5.06. The smallest absolute Gasteiger partial charge is 0.336 e. The van der Waals surface area contributed by atoms with Crippen LogP contribution in [0.25, 0.3) is 5.69 Å². The van der Waals surface area contributed by atoms with Gasteiger partial charge in [-0.05, 0) is 38.1 Å². The van der Waals surface area contributed by atoms with E-state index in [0.29, 0.717) is 24.5 Å². The number of anilines is 1. The van der Waals surface area contributed by atoms with Crippen LogP contribution in [0.3, 0.4) is 0 Å². The number of aryl methyl sites for hydroxylation is 1. The highest BCUT2D eigenvalue weighted by atomic mass is 19.4. The summed E-state index contributed by atoms with van der Waals surface area (Å²) >= 11 is 0. The highest BCUT2D eigenvalue weighted by Crippen LogP contribution is 2.32. The topological polar surface area (TPSA) is 70.5 Å². The molecule has 0 atom stereocenters. The second-order valence-electron chi connectivity index (χ2n) is 8.45. The zero-order chi connectivity index (χ0) is 25.2. The molecule has 0 radical (unpaired) electrons. The van der Waals surface area contributed by atoms with E-state index in [9.17, 15) is 22.8 Å². The van der Waals surface area contributed by atoms with Crippen molar-refractivity contribution in [1.29, 1.82) is 0 Å². The number of piperazine rings is 1. The Bertz CT molecular complexity index is 1220. The number of para-hydroxylation sites is 1. The zero-order valence-corrected chi connectivity index (χ0v) is 19.5. The van der Waals surface area contributed by atoms with Gasteiger partial charge in [-0.1, -0.05) is 30.3 Å². The largest absolute Gasteiger partial charge is 0.417 e. The van der Waals surface area contributed by atoms with Gasteiger partial charge in [0.15, 0.2) is 0 Å². The molecule has 0 bridgehead atoms. The Balaban J connectivity index is 1.35. The lowest BCUT2D eigenvalue weighted by Crippen LogP contribution is -2.50. The molecule has 1 N–H and O–H groups in total. The molecule has 0 aliphatic carbocycles. The van der Waals surface area contributed by atoms with Gasteiger partial charge in [-0.3, -0.25) is 14.5 Å².